The zero-order chi connectivity index (χ0) is 22.2. The summed E-state index contributed by atoms with van der Waals surface area (Å²) in [5.41, 5.74) is 4.26. The molecule has 160 valence electrons. The molecule has 0 aromatic heterocycles. The Hall–Kier alpha value is -2.73. The van der Waals surface area contributed by atoms with E-state index in [-0.39, 0.29) is 0 Å². The minimum atomic E-state index is -0.792. The van der Waals surface area contributed by atoms with Gasteiger partial charge in [-0.05, 0) is 72.6 Å². The molecule has 0 bridgehead atoms. The summed E-state index contributed by atoms with van der Waals surface area (Å²) in [5, 5.41) is 5.46. The molecule has 0 aliphatic carbocycles. The Bertz CT molecular complexity index is 1050. The van der Waals surface area contributed by atoms with Crippen molar-refractivity contribution in [3.8, 4) is 11.5 Å². The number of halogens is 3. The van der Waals surface area contributed by atoms with Crippen LogP contribution in [0.1, 0.15) is 18.1 Å². The molecule has 31 heavy (non-hydrogen) atoms. The van der Waals surface area contributed by atoms with Crippen LogP contribution in [-0.2, 0) is 11.4 Å². The van der Waals surface area contributed by atoms with Crippen molar-refractivity contribution in [2.75, 3.05) is 0 Å². The van der Waals surface area contributed by atoms with Crippen LogP contribution in [0.15, 0.2) is 71.8 Å². The second-order valence-corrected chi connectivity index (χ2v) is 7.83. The molecule has 0 heterocycles. The van der Waals surface area contributed by atoms with E-state index >= 15 is 0 Å². The van der Waals surface area contributed by atoms with E-state index in [0.717, 1.165) is 16.9 Å². The van der Waals surface area contributed by atoms with Gasteiger partial charge in [-0.25, -0.2) is 5.43 Å². The number of rotatable bonds is 8. The maximum Gasteiger partial charge on any atom is 0.280 e. The number of amides is 1. The van der Waals surface area contributed by atoms with Crippen molar-refractivity contribution in [2.45, 2.75) is 19.6 Å². The van der Waals surface area contributed by atoms with Crippen molar-refractivity contribution < 1.29 is 14.3 Å². The van der Waals surface area contributed by atoms with Gasteiger partial charge in [-0.2, -0.15) is 5.10 Å². The fourth-order valence-corrected chi connectivity index (χ4v) is 3.05. The summed E-state index contributed by atoms with van der Waals surface area (Å²) in [4.78, 5) is 12.2. The third-order valence-corrected chi connectivity index (χ3v) is 4.94. The van der Waals surface area contributed by atoms with Gasteiger partial charge in [0.15, 0.2) is 6.10 Å². The van der Waals surface area contributed by atoms with Gasteiger partial charge in [-0.3, -0.25) is 4.79 Å². The highest BCUT2D eigenvalue weighted by molar-refractivity contribution is 6.35. The number of nitrogens with one attached hydrogen (secondary N) is 1. The van der Waals surface area contributed by atoms with E-state index in [1.807, 2.05) is 48.5 Å². The van der Waals surface area contributed by atoms with E-state index in [1.165, 1.54) is 6.21 Å². The van der Waals surface area contributed by atoms with Gasteiger partial charge >= 0.3 is 0 Å². The largest absolute Gasteiger partial charge is 0.489 e. The average Bonchev–Trinajstić information content (AvgIpc) is 2.76. The van der Waals surface area contributed by atoms with Crippen LogP contribution in [0, 0.1) is 0 Å². The highest BCUT2D eigenvalue weighted by Crippen LogP contribution is 2.28. The number of hydrogen-bond donors (Lipinski definition) is 1. The average molecular weight is 478 g/mol. The van der Waals surface area contributed by atoms with E-state index < -0.39 is 12.0 Å². The van der Waals surface area contributed by atoms with Crippen molar-refractivity contribution in [1.82, 2.24) is 5.43 Å². The summed E-state index contributed by atoms with van der Waals surface area (Å²) in [6.07, 6.45) is 0.738. The molecule has 1 N–H and O–H groups in total. The van der Waals surface area contributed by atoms with Gasteiger partial charge < -0.3 is 9.47 Å². The minimum absolute atomic E-state index is 0.328. The Morgan fingerprint density at radius 1 is 1.00 bits per heavy atom. The monoisotopic (exact) mass is 476 g/mol. The van der Waals surface area contributed by atoms with Gasteiger partial charge in [0.1, 0.15) is 18.1 Å². The van der Waals surface area contributed by atoms with Gasteiger partial charge in [0.05, 0.1) is 11.2 Å². The molecule has 3 rings (SSSR count). The summed E-state index contributed by atoms with van der Waals surface area (Å²) in [5.74, 6) is 0.676. The molecule has 0 saturated heterocycles. The van der Waals surface area contributed by atoms with Crippen LogP contribution in [-0.4, -0.2) is 18.2 Å². The number of ether oxygens (including phenoxy) is 2. The first-order valence-corrected chi connectivity index (χ1v) is 10.5. The molecule has 0 spiro atoms. The van der Waals surface area contributed by atoms with E-state index in [1.54, 1.807) is 25.1 Å². The smallest absolute Gasteiger partial charge is 0.280 e. The van der Waals surface area contributed by atoms with Crippen molar-refractivity contribution in [3.05, 3.63) is 92.9 Å². The molecule has 8 heteroatoms. The molecule has 3 aromatic carbocycles. The van der Waals surface area contributed by atoms with Crippen LogP contribution in [0.2, 0.25) is 15.1 Å². The van der Waals surface area contributed by atoms with Crippen LogP contribution >= 0.6 is 34.8 Å². The molecule has 0 saturated carbocycles. The first-order valence-electron chi connectivity index (χ1n) is 9.32. The lowest BCUT2D eigenvalue weighted by atomic mass is 10.2. The van der Waals surface area contributed by atoms with Gasteiger partial charge in [0.25, 0.3) is 5.91 Å². The number of hydrogen-bond acceptors (Lipinski definition) is 4. The van der Waals surface area contributed by atoms with Crippen LogP contribution < -0.4 is 14.9 Å². The molecular weight excluding hydrogens is 459 g/mol. The molecule has 1 amide bonds. The number of carbonyl (C=O) groups is 1. The topological polar surface area (TPSA) is 59.9 Å². The lowest BCUT2D eigenvalue weighted by Gasteiger charge is -2.14. The van der Waals surface area contributed by atoms with Gasteiger partial charge in [-0.1, -0.05) is 46.9 Å². The van der Waals surface area contributed by atoms with Crippen LogP contribution in [0.4, 0.5) is 0 Å². The SMILES string of the molecule is C[C@H](Oc1ccc(Cl)cc1Cl)C(=O)N/N=C\c1ccc(OCc2ccc(Cl)cc2)cc1. The van der Waals surface area contributed by atoms with E-state index in [0.29, 0.717) is 27.4 Å². The Kier molecular flexibility index (Phi) is 8.18. The Morgan fingerprint density at radius 2 is 1.68 bits per heavy atom. The quantitative estimate of drug-likeness (QED) is 0.313. The predicted molar refractivity (Wildman–Crippen MR) is 125 cm³/mol. The van der Waals surface area contributed by atoms with Crippen LogP contribution in [0.5, 0.6) is 11.5 Å². The number of benzene rings is 3. The Balaban J connectivity index is 1.47. The Labute approximate surface area is 195 Å². The Morgan fingerprint density at radius 3 is 2.35 bits per heavy atom. The number of nitrogens with zero attached hydrogens (tertiary/aromatic N) is 1. The van der Waals surface area contributed by atoms with Gasteiger partial charge in [-0.15, -0.1) is 0 Å². The highest BCUT2D eigenvalue weighted by atomic mass is 35.5. The fraction of sp³-hybridized carbons (Fsp3) is 0.130. The first-order chi connectivity index (χ1) is 14.9. The van der Waals surface area contributed by atoms with E-state index in [9.17, 15) is 4.79 Å². The first kappa shape index (κ1) is 22.9. The molecule has 0 fully saturated rings. The number of carbonyl (C=O) groups excluding carboxylic acids is 1. The lowest BCUT2D eigenvalue weighted by molar-refractivity contribution is -0.127. The zero-order valence-electron chi connectivity index (χ0n) is 16.5. The number of hydrazone groups is 1. The molecule has 5 nitrogen and oxygen atoms in total. The van der Waals surface area contributed by atoms with E-state index in [4.69, 9.17) is 44.3 Å². The molecular formula is C23H19Cl3N2O3. The molecule has 0 radical (unpaired) electrons. The van der Waals surface area contributed by atoms with Gasteiger partial charge in [0.2, 0.25) is 0 Å². The maximum absolute atomic E-state index is 12.2. The standard InChI is InChI=1S/C23H19Cl3N2O3/c1-15(31-22-11-8-19(25)12-21(22)26)23(29)28-27-13-16-4-9-20(10-5-16)30-14-17-2-6-18(24)7-3-17/h2-13,15H,14H2,1H3,(H,28,29)/b27-13-/t15-/m0/s1. The molecule has 1 atom stereocenters. The minimum Gasteiger partial charge on any atom is -0.489 e. The maximum atomic E-state index is 12.2. The second-order valence-electron chi connectivity index (χ2n) is 6.55. The molecule has 0 unspecified atom stereocenters. The highest BCUT2D eigenvalue weighted by Gasteiger charge is 2.15. The third-order valence-electron chi connectivity index (χ3n) is 4.15. The predicted octanol–water partition coefficient (Wildman–Crippen LogP) is 6.14. The fourth-order valence-electron chi connectivity index (χ4n) is 2.47. The third kappa shape index (κ3) is 7.17. The van der Waals surface area contributed by atoms with E-state index in [2.05, 4.69) is 10.5 Å². The van der Waals surface area contributed by atoms with Crippen molar-refractivity contribution in [2.24, 2.45) is 5.10 Å². The van der Waals surface area contributed by atoms with Crippen molar-refractivity contribution in [1.29, 1.82) is 0 Å². The second kappa shape index (κ2) is 11.0. The molecule has 3 aromatic rings. The molecule has 0 aliphatic heterocycles. The van der Waals surface area contributed by atoms with Gasteiger partial charge in [0, 0.05) is 10.0 Å². The van der Waals surface area contributed by atoms with Crippen molar-refractivity contribution in [3.63, 3.8) is 0 Å². The summed E-state index contributed by atoms with van der Waals surface area (Å²) in [6, 6.07) is 19.6. The van der Waals surface area contributed by atoms with Crippen LogP contribution in [0.3, 0.4) is 0 Å². The summed E-state index contributed by atoms with van der Waals surface area (Å²) in [7, 11) is 0. The summed E-state index contributed by atoms with van der Waals surface area (Å²) < 4.78 is 11.3. The summed E-state index contributed by atoms with van der Waals surface area (Å²) >= 11 is 17.8. The van der Waals surface area contributed by atoms with Crippen molar-refractivity contribution >= 4 is 46.9 Å². The summed E-state index contributed by atoms with van der Waals surface area (Å²) in [6.45, 7) is 2.04. The molecule has 0 aliphatic rings. The zero-order valence-corrected chi connectivity index (χ0v) is 18.8. The van der Waals surface area contributed by atoms with Crippen LogP contribution in [0.25, 0.3) is 0 Å². The normalized spacial score (nSPS) is 11.9. The lowest BCUT2D eigenvalue weighted by Crippen LogP contribution is -2.33.